The van der Waals surface area contributed by atoms with Crippen LogP contribution in [0.3, 0.4) is 0 Å². The van der Waals surface area contributed by atoms with E-state index in [2.05, 4.69) is 5.32 Å². The number of nitrogens with two attached hydrogens (primary N) is 1. The van der Waals surface area contributed by atoms with Crippen LogP contribution in [0.25, 0.3) is 0 Å². The van der Waals surface area contributed by atoms with E-state index in [9.17, 15) is 9.59 Å². The average molecular weight is 216 g/mol. The Bertz CT molecular complexity index is 263. The maximum Gasteiger partial charge on any atom is 0.316 e. The zero-order valence-corrected chi connectivity index (χ0v) is 8.82. The van der Waals surface area contributed by atoms with Gasteiger partial charge in [0.05, 0.1) is 12.5 Å². The fourth-order valence-electron chi connectivity index (χ4n) is 0.971. The van der Waals surface area contributed by atoms with Gasteiger partial charge in [-0.15, -0.1) is 0 Å². The molecule has 0 fully saturated rings. The van der Waals surface area contributed by atoms with Gasteiger partial charge in [-0.25, -0.2) is 4.79 Å². The smallest absolute Gasteiger partial charge is 0.316 e. The average Bonchev–Trinajstić information content (AvgIpc) is 2.21. The third-order valence-corrected chi connectivity index (χ3v) is 1.73. The van der Waals surface area contributed by atoms with Crippen LogP contribution in [0.1, 0.15) is 13.8 Å². The highest BCUT2D eigenvalue weighted by atomic mass is 16.5. The van der Waals surface area contributed by atoms with Crippen molar-refractivity contribution >= 4 is 12.0 Å². The molecule has 0 heterocycles. The molecule has 86 valence electrons. The molecule has 1 unspecified atom stereocenters. The van der Waals surface area contributed by atoms with E-state index in [1.807, 2.05) is 0 Å². The van der Waals surface area contributed by atoms with Crippen molar-refractivity contribution in [3.63, 3.8) is 0 Å². The highest BCUT2D eigenvalue weighted by Crippen LogP contribution is 2.09. The van der Waals surface area contributed by atoms with Crippen molar-refractivity contribution in [1.82, 2.24) is 5.32 Å². The molecule has 0 aromatic carbocycles. The number of hydrogen-bond donors (Lipinski definition) is 3. The molecule has 2 amide bonds. The minimum absolute atomic E-state index is 0.0588. The van der Waals surface area contributed by atoms with Gasteiger partial charge in [-0.3, -0.25) is 4.79 Å². The minimum atomic E-state index is -0.732. The highest BCUT2D eigenvalue weighted by molar-refractivity contribution is 5.79. The van der Waals surface area contributed by atoms with Gasteiger partial charge >= 0.3 is 12.0 Å². The van der Waals surface area contributed by atoms with E-state index in [1.165, 1.54) is 0 Å². The maximum atomic E-state index is 11.3. The van der Waals surface area contributed by atoms with Gasteiger partial charge in [0.15, 0.2) is 0 Å². The Kier molecular flexibility index (Phi) is 6.12. The van der Waals surface area contributed by atoms with Crippen molar-refractivity contribution in [2.75, 3.05) is 13.2 Å². The zero-order chi connectivity index (χ0) is 11.8. The molecule has 0 aromatic rings. The Labute approximate surface area is 88.1 Å². The Morgan fingerprint density at radius 1 is 1.60 bits per heavy atom. The van der Waals surface area contributed by atoms with Crippen LogP contribution in [-0.4, -0.2) is 30.3 Å². The molecule has 0 saturated carbocycles. The Morgan fingerprint density at radius 3 is 2.60 bits per heavy atom. The van der Waals surface area contributed by atoms with Gasteiger partial charge in [-0.05, 0) is 13.8 Å². The second-order valence-electron chi connectivity index (χ2n) is 2.85. The molecule has 0 aliphatic rings. The highest BCUT2D eigenvalue weighted by Gasteiger charge is 2.19. The van der Waals surface area contributed by atoms with Gasteiger partial charge in [-0.1, -0.05) is 6.08 Å². The lowest BCUT2D eigenvalue weighted by Gasteiger charge is -2.14. The Balaban J connectivity index is 4.32. The number of ether oxygens (including phenoxy) is 1. The molecule has 15 heavy (non-hydrogen) atoms. The summed E-state index contributed by atoms with van der Waals surface area (Å²) in [6.07, 6.45) is 1.57. The summed E-state index contributed by atoms with van der Waals surface area (Å²) in [5.74, 6) is -1.14. The van der Waals surface area contributed by atoms with Crippen molar-refractivity contribution in [3.05, 3.63) is 11.8 Å². The number of hydrogen-bond acceptors (Lipinski definition) is 4. The molecule has 4 N–H and O–H groups in total. The van der Waals surface area contributed by atoms with E-state index in [1.54, 1.807) is 19.9 Å². The molecule has 0 radical (unpaired) electrons. The summed E-state index contributed by atoms with van der Waals surface area (Å²) in [5.41, 5.74) is 5.30. The number of allylic oxidation sites excluding steroid dienone is 1. The minimum Gasteiger partial charge on any atom is -0.463 e. The summed E-state index contributed by atoms with van der Waals surface area (Å²) >= 11 is 0. The van der Waals surface area contributed by atoms with Crippen LogP contribution in [0.4, 0.5) is 4.79 Å². The number of carbonyl (C=O) groups is 2. The van der Waals surface area contributed by atoms with Crippen LogP contribution in [-0.2, 0) is 9.53 Å². The molecule has 1 atom stereocenters. The topological polar surface area (TPSA) is 102 Å². The van der Waals surface area contributed by atoms with Crippen LogP contribution in [0.2, 0.25) is 0 Å². The summed E-state index contributed by atoms with van der Waals surface area (Å²) < 4.78 is 4.70. The van der Waals surface area contributed by atoms with E-state index < -0.39 is 17.9 Å². The summed E-state index contributed by atoms with van der Waals surface area (Å²) in [4.78, 5) is 21.9. The van der Waals surface area contributed by atoms with Crippen LogP contribution >= 0.6 is 0 Å². The van der Waals surface area contributed by atoms with E-state index in [-0.39, 0.29) is 13.2 Å². The van der Waals surface area contributed by atoms with Crippen molar-refractivity contribution < 1.29 is 19.4 Å². The number of primary amides is 1. The SMILES string of the molecule is CC=C(NC(N)=O)C(C)C(=O)OCCO. The van der Waals surface area contributed by atoms with Gasteiger partial charge < -0.3 is 20.9 Å². The predicted molar refractivity (Wildman–Crippen MR) is 53.7 cm³/mol. The number of urea groups is 1. The van der Waals surface area contributed by atoms with Crippen molar-refractivity contribution in [2.24, 2.45) is 11.7 Å². The second-order valence-corrected chi connectivity index (χ2v) is 2.85. The molecule has 0 saturated heterocycles. The Morgan fingerprint density at radius 2 is 2.20 bits per heavy atom. The van der Waals surface area contributed by atoms with Crippen LogP contribution < -0.4 is 11.1 Å². The lowest BCUT2D eigenvalue weighted by atomic mass is 10.1. The first-order valence-electron chi connectivity index (χ1n) is 4.53. The summed E-state index contributed by atoms with van der Waals surface area (Å²) in [7, 11) is 0. The number of carbonyl (C=O) groups excluding carboxylic acids is 2. The van der Waals surface area contributed by atoms with Gasteiger partial charge in [0, 0.05) is 5.70 Å². The van der Waals surface area contributed by atoms with Crippen molar-refractivity contribution in [2.45, 2.75) is 13.8 Å². The molecular weight excluding hydrogens is 200 g/mol. The third kappa shape index (κ3) is 5.02. The van der Waals surface area contributed by atoms with Gasteiger partial charge in [0.2, 0.25) is 0 Å². The fraction of sp³-hybridized carbons (Fsp3) is 0.556. The lowest BCUT2D eigenvalue weighted by molar-refractivity contribution is -0.147. The summed E-state index contributed by atoms with van der Waals surface area (Å²) in [6.45, 7) is 2.95. The molecule has 0 aliphatic heterocycles. The largest absolute Gasteiger partial charge is 0.463 e. The second kappa shape index (κ2) is 6.83. The number of esters is 1. The molecule has 6 heteroatoms. The first kappa shape index (κ1) is 13.4. The van der Waals surface area contributed by atoms with E-state index in [4.69, 9.17) is 15.6 Å². The van der Waals surface area contributed by atoms with Gasteiger partial charge in [0.1, 0.15) is 6.61 Å². The summed E-state index contributed by atoms with van der Waals surface area (Å²) in [5, 5.41) is 10.8. The number of aliphatic hydroxyl groups is 1. The molecule has 0 aromatic heterocycles. The molecule has 0 spiro atoms. The van der Waals surface area contributed by atoms with Gasteiger partial charge in [0.25, 0.3) is 0 Å². The zero-order valence-electron chi connectivity index (χ0n) is 8.82. The standard InChI is InChI=1S/C9H16N2O4/c1-3-7(11-9(10)14)6(2)8(13)15-5-4-12/h3,6,12H,4-5H2,1-2H3,(H3,10,11,14). The van der Waals surface area contributed by atoms with Crippen LogP contribution in [0, 0.1) is 5.92 Å². The third-order valence-electron chi connectivity index (χ3n) is 1.73. The molecule has 0 rings (SSSR count). The number of nitrogens with one attached hydrogen (secondary N) is 1. The Hall–Kier alpha value is -1.56. The van der Waals surface area contributed by atoms with Gasteiger partial charge in [-0.2, -0.15) is 0 Å². The fourth-order valence-corrected chi connectivity index (χ4v) is 0.971. The van der Waals surface area contributed by atoms with Crippen LogP contribution in [0.5, 0.6) is 0 Å². The first-order valence-corrected chi connectivity index (χ1v) is 4.53. The maximum absolute atomic E-state index is 11.3. The first-order chi connectivity index (χ1) is 7.02. The molecule has 0 aliphatic carbocycles. The predicted octanol–water partition coefficient (Wildman–Crippen LogP) is -0.270. The van der Waals surface area contributed by atoms with E-state index in [0.29, 0.717) is 5.70 Å². The van der Waals surface area contributed by atoms with Crippen molar-refractivity contribution in [1.29, 1.82) is 0 Å². The molecule has 0 bridgehead atoms. The van der Waals surface area contributed by atoms with E-state index >= 15 is 0 Å². The lowest BCUT2D eigenvalue weighted by Crippen LogP contribution is -2.34. The molecular formula is C9H16N2O4. The number of aliphatic hydroxyl groups excluding tert-OH is 1. The van der Waals surface area contributed by atoms with E-state index in [0.717, 1.165) is 0 Å². The normalized spacial score (nSPS) is 13.1. The summed E-state index contributed by atoms with van der Waals surface area (Å²) in [6, 6.07) is -0.732. The molecule has 6 nitrogen and oxygen atoms in total. The quantitative estimate of drug-likeness (QED) is 0.550. The number of rotatable bonds is 5. The van der Waals surface area contributed by atoms with Crippen LogP contribution in [0.15, 0.2) is 11.8 Å². The monoisotopic (exact) mass is 216 g/mol. The number of amides is 2. The van der Waals surface area contributed by atoms with Crippen molar-refractivity contribution in [3.8, 4) is 0 Å².